The van der Waals surface area contributed by atoms with Gasteiger partial charge in [-0.2, -0.15) is 0 Å². The van der Waals surface area contributed by atoms with E-state index in [2.05, 4.69) is 5.32 Å². The van der Waals surface area contributed by atoms with Gasteiger partial charge in [0.05, 0.1) is 18.0 Å². The summed E-state index contributed by atoms with van der Waals surface area (Å²) in [6.07, 6.45) is 2.86. The Labute approximate surface area is 161 Å². The van der Waals surface area contributed by atoms with Gasteiger partial charge in [-0.05, 0) is 31.2 Å². The Morgan fingerprint density at radius 1 is 1.15 bits per heavy atom. The highest BCUT2D eigenvalue weighted by Crippen LogP contribution is 2.19. The molecule has 142 valence electrons. The number of esters is 1. The molecular weight excluding hydrogens is 366 g/mol. The van der Waals surface area contributed by atoms with E-state index in [1.54, 1.807) is 18.2 Å². The molecule has 6 nitrogen and oxygen atoms in total. The normalized spacial score (nSPS) is 10.6. The second kappa shape index (κ2) is 10.3. The number of amides is 1. The van der Waals surface area contributed by atoms with E-state index >= 15 is 0 Å². The van der Waals surface area contributed by atoms with Gasteiger partial charge in [0.15, 0.2) is 6.61 Å². The number of hydrogen-bond donors (Lipinski definition) is 1. The maximum absolute atomic E-state index is 12.1. The first-order chi connectivity index (χ1) is 13.0. The van der Waals surface area contributed by atoms with Crippen molar-refractivity contribution in [2.24, 2.45) is 0 Å². The zero-order chi connectivity index (χ0) is 19.6. The molecule has 0 saturated heterocycles. The van der Waals surface area contributed by atoms with E-state index in [1.165, 1.54) is 24.3 Å². The van der Waals surface area contributed by atoms with Gasteiger partial charge in [0, 0.05) is 23.4 Å². The number of carbonyl (C=O) groups excluding carboxylic acids is 3. The Morgan fingerprint density at radius 3 is 2.67 bits per heavy atom. The van der Waals surface area contributed by atoms with Crippen LogP contribution < -0.4 is 10.1 Å². The van der Waals surface area contributed by atoms with Crippen molar-refractivity contribution in [1.29, 1.82) is 0 Å². The van der Waals surface area contributed by atoms with Gasteiger partial charge < -0.3 is 14.8 Å². The van der Waals surface area contributed by atoms with Crippen LogP contribution in [0.1, 0.15) is 34.0 Å². The minimum atomic E-state index is -0.607. The van der Waals surface area contributed by atoms with Crippen LogP contribution >= 0.6 is 11.3 Å². The van der Waals surface area contributed by atoms with Crippen molar-refractivity contribution in [2.45, 2.75) is 20.4 Å². The number of benzene rings is 1. The molecule has 1 heterocycles. The number of Topliss-reactive ketones (excluding diaryl/α,β-unsaturated/α-hetero) is 1. The molecular formula is C20H21NO5S. The number of carbonyl (C=O) groups is 3. The Bertz CT molecular complexity index is 840. The van der Waals surface area contributed by atoms with Crippen molar-refractivity contribution < 1.29 is 23.9 Å². The van der Waals surface area contributed by atoms with E-state index in [0.29, 0.717) is 23.8 Å². The van der Waals surface area contributed by atoms with E-state index < -0.39 is 5.97 Å². The summed E-state index contributed by atoms with van der Waals surface area (Å²) in [6.45, 7) is 3.87. The van der Waals surface area contributed by atoms with Crippen LogP contribution in [-0.2, 0) is 20.9 Å². The Balaban J connectivity index is 1.86. The summed E-state index contributed by atoms with van der Waals surface area (Å²) in [5.41, 5.74) is 0.753. The lowest BCUT2D eigenvalue weighted by Gasteiger charge is -2.06. The number of ketones is 1. The van der Waals surface area contributed by atoms with Crippen molar-refractivity contribution >= 4 is 35.1 Å². The molecule has 1 amide bonds. The molecule has 2 rings (SSSR count). The van der Waals surface area contributed by atoms with Crippen LogP contribution in [0, 0.1) is 0 Å². The fraction of sp³-hybridized carbons (Fsp3) is 0.250. The molecule has 1 aromatic heterocycles. The number of ether oxygens (including phenoxy) is 2. The summed E-state index contributed by atoms with van der Waals surface area (Å²) in [5.74, 6) is -0.358. The Hall–Kier alpha value is -2.93. The molecule has 7 heteroatoms. The maximum atomic E-state index is 12.1. The third kappa shape index (κ3) is 6.71. The molecule has 0 unspecified atom stereocenters. The minimum absolute atomic E-state index is 0.136. The van der Waals surface area contributed by atoms with Gasteiger partial charge in [-0.15, -0.1) is 11.3 Å². The molecule has 0 aliphatic heterocycles. The van der Waals surface area contributed by atoms with Crippen molar-refractivity contribution in [3.63, 3.8) is 0 Å². The fourth-order valence-corrected chi connectivity index (χ4v) is 3.03. The average molecular weight is 387 g/mol. The third-order valence-electron chi connectivity index (χ3n) is 3.41. The van der Waals surface area contributed by atoms with Gasteiger partial charge in [-0.3, -0.25) is 9.59 Å². The lowest BCUT2D eigenvalue weighted by Crippen LogP contribution is -2.18. The van der Waals surface area contributed by atoms with Crippen LogP contribution in [0.4, 0.5) is 0 Å². The quantitative estimate of drug-likeness (QED) is 0.406. The molecule has 0 aliphatic rings. The maximum Gasteiger partial charge on any atom is 0.331 e. The smallest absolute Gasteiger partial charge is 0.331 e. The molecule has 0 fully saturated rings. The van der Waals surface area contributed by atoms with Gasteiger partial charge in [-0.1, -0.05) is 18.2 Å². The molecule has 0 atom stereocenters. The van der Waals surface area contributed by atoms with Gasteiger partial charge in [0.1, 0.15) is 5.75 Å². The summed E-state index contributed by atoms with van der Waals surface area (Å²) in [5, 5.41) is 2.67. The van der Waals surface area contributed by atoms with E-state index in [0.717, 1.165) is 10.4 Å². The summed E-state index contributed by atoms with van der Waals surface area (Å²) in [7, 11) is 0. The van der Waals surface area contributed by atoms with E-state index in [4.69, 9.17) is 9.47 Å². The predicted molar refractivity (Wildman–Crippen MR) is 104 cm³/mol. The number of rotatable bonds is 9. The molecule has 0 bridgehead atoms. The number of para-hydroxylation sites is 1. The molecule has 0 spiro atoms. The Morgan fingerprint density at radius 2 is 1.93 bits per heavy atom. The van der Waals surface area contributed by atoms with Crippen LogP contribution in [0.3, 0.4) is 0 Å². The highest BCUT2D eigenvalue weighted by atomic mass is 32.1. The summed E-state index contributed by atoms with van der Waals surface area (Å²) in [4.78, 5) is 36.2. The topological polar surface area (TPSA) is 81.7 Å². The first kappa shape index (κ1) is 20.4. The molecule has 2 aromatic rings. The van der Waals surface area contributed by atoms with Crippen LogP contribution in [0.2, 0.25) is 0 Å². The average Bonchev–Trinajstić information content (AvgIpc) is 3.13. The summed E-state index contributed by atoms with van der Waals surface area (Å²) < 4.78 is 10.5. The van der Waals surface area contributed by atoms with Crippen molar-refractivity contribution in [2.75, 3.05) is 13.2 Å². The van der Waals surface area contributed by atoms with Crippen molar-refractivity contribution in [3.8, 4) is 5.75 Å². The highest BCUT2D eigenvalue weighted by Gasteiger charge is 2.12. The van der Waals surface area contributed by atoms with Crippen molar-refractivity contribution in [3.05, 3.63) is 57.8 Å². The second-order valence-corrected chi connectivity index (χ2v) is 6.68. The number of thiophene rings is 1. The van der Waals surface area contributed by atoms with Gasteiger partial charge in [-0.25, -0.2) is 4.79 Å². The highest BCUT2D eigenvalue weighted by molar-refractivity contribution is 7.14. The first-order valence-electron chi connectivity index (χ1n) is 8.42. The minimum Gasteiger partial charge on any atom is -0.493 e. The van der Waals surface area contributed by atoms with Crippen LogP contribution in [0.25, 0.3) is 6.08 Å². The predicted octanol–water partition coefficient (Wildman–Crippen LogP) is 3.22. The fourth-order valence-electron chi connectivity index (χ4n) is 2.15. The number of nitrogens with one attached hydrogen (secondary N) is 1. The van der Waals surface area contributed by atoms with E-state index in [-0.39, 0.29) is 18.3 Å². The standard InChI is InChI=1S/C20H21NO5S/c1-3-25-18-7-5-4-6-15(18)8-11-20(24)26-13-17(23)19-10-9-16(27-19)12-21-14(2)22/h4-11H,3,12-13H2,1-2H3,(H,21,22)/b11-8+. The number of hydrogen-bond acceptors (Lipinski definition) is 6. The summed E-state index contributed by atoms with van der Waals surface area (Å²) >= 11 is 1.26. The van der Waals surface area contributed by atoms with E-state index in [1.807, 2.05) is 31.2 Å². The molecule has 0 saturated carbocycles. The molecule has 1 N–H and O–H groups in total. The van der Waals surface area contributed by atoms with Crippen molar-refractivity contribution in [1.82, 2.24) is 5.32 Å². The lowest BCUT2D eigenvalue weighted by atomic mass is 10.2. The zero-order valence-electron chi connectivity index (χ0n) is 15.2. The Kier molecular flexibility index (Phi) is 7.76. The molecule has 0 radical (unpaired) electrons. The molecule has 1 aromatic carbocycles. The van der Waals surface area contributed by atoms with E-state index in [9.17, 15) is 14.4 Å². The van der Waals surface area contributed by atoms with Crippen LogP contribution in [-0.4, -0.2) is 30.9 Å². The molecule has 0 aliphatic carbocycles. The largest absolute Gasteiger partial charge is 0.493 e. The van der Waals surface area contributed by atoms with Crippen LogP contribution in [0.5, 0.6) is 5.75 Å². The second-order valence-electron chi connectivity index (χ2n) is 5.51. The van der Waals surface area contributed by atoms with Gasteiger partial charge in [0.25, 0.3) is 0 Å². The third-order valence-corrected chi connectivity index (χ3v) is 4.54. The zero-order valence-corrected chi connectivity index (χ0v) is 16.0. The monoisotopic (exact) mass is 387 g/mol. The summed E-state index contributed by atoms with van der Waals surface area (Å²) in [6, 6.07) is 10.7. The van der Waals surface area contributed by atoms with Crippen LogP contribution in [0.15, 0.2) is 42.5 Å². The lowest BCUT2D eigenvalue weighted by molar-refractivity contribution is -0.136. The molecule has 27 heavy (non-hydrogen) atoms. The van der Waals surface area contributed by atoms with Gasteiger partial charge in [0.2, 0.25) is 11.7 Å². The first-order valence-corrected chi connectivity index (χ1v) is 9.24. The van der Waals surface area contributed by atoms with Gasteiger partial charge >= 0.3 is 5.97 Å². The SMILES string of the molecule is CCOc1ccccc1/C=C/C(=O)OCC(=O)c1ccc(CNC(C)=O)s1.